The summed E-state index contributed by atoms with van der Waals surface area (Å²) in [7, 11) is 1.28. The summed E-state index contributed by atoms with van der Waals surface area (Å²) < 4.78 is 9.99. The average Bonchev–Trinajstić information content (AvgIpc) is 2.58. The SMILES string of the molecule is COC(=O)C(C)CC(NC(=O)OC(C)(C)C)C(=O)NC(C)(C)Cc1cccnc1. The maximum Gasteiger partial charge on any atom is 0.408 e. The molecule has 29 heavy (non-hydrogen) atoms. The summed E-state index contributed by atoms with van der Waals surface area (Å²) >= 11 is 0. The van der Waals surface area contributed by atoms with Crippen molar-refractivity contribution in [1.82, 2.24) is 15.6 Å². The second-order valence-electron chi connectivity index (χ2n) is 8.77. The van der Waals surface area contributed by atoms with Crippen molar-refractivity contribution in [2.24, 2.45) is 5.92 Å². The molecule has 0 fully saturated rings. The molecule has 0 aromatic carbocycles. The predicted octanol–water partition coefficient (Wildman–Crippen LogP) is 2.61. The van der Waals surface area contributed by atoms with Gasteiger partial charge >= 0.3 is 12.1 Å². The quantitative estimate of drug-likeness (QED) is 0.642. The van der Waals surface area contributed by atoms with Crippen molar-refractivity contribution in [3.05, 3.63) is 30.1 Å². The monoisotopic (exact) mass is 407 g/mol. The van der Waals surface area contributed by atoms with Crippen molar-refractivity contribution in [3.8, 4) is 0 Å². The normalized spacial score (nSPS) is 13.8. The van der Waals surface area contributed by atoms with E-state index in [4.69, 9.17) is 9.47 Å². The number of nitrogens with one attached hydrogen (secondary N) is 2. The lowest BCUT2D eigenvalue weighted by Crippen LogP contribution is -2.55. The Morgan fingerprint density at radius 3 is 2.34 bits per heavy atom. The summed E-state index contributed by atoms with van der Waals surface area (Å²) in [5.41, 5.74) is -0.335. The molecule has 1 aromatic rings. The highest BCUT2D eigenvalue weighted by Crippen LogP contribution is 2.15. The number of hydrogen-bond donors (Lipinski definition) is 2. The zero-order chi connectivity index (χ0) is 22.2. The Bertz CT molecular complexity index is 698. The molecule has 0 spiro atoms. The van der Waals surface area contributed by atoms with Crippen LogP contribution in [0.3, 0.4) is 0 Å². The molecule has 0 aliphatic rings. The van der Waals surface area contributed by atoms with Crippen LogP contribution in [0, 0.1) is 5.92 Å². The van der Waals surface area contributed by atoms with E-state index >= 15 is 0 Å². The Hall–Kier alpha value is -2.64. The minimum absolute atomic E-state index is 0.0840. The Labute approximate surface area is 172 Å². The summed E-state index contributed by atoms with van der Waals surface area (Å²) in [6, 6.07) is 2.81. The van der Waals surface area contributed by atoms with Crippen LogP contribution in [0.1, 0.15) is 53.5 Å². The third-order valence-corrected chi connectivity index (χ3v) is 4.03. The third-order valence-electron chi connectivity index (χ3n) is 4.03. The van der Waals surface area contributed by atoms with Crippen molar-refractivity contribution in [3.63, 3.8) is 0 Å². The molecule has 1 rings (SSSR count). The molecule has 2 N–H and O–H groups in total. The molecule has 0 saturated carbocycles. The maximum absolute atomic E-state index is 12.9. The lowest BCUT2D eigenvalue weighted by atomic mass is 9.94. The van der Waals surface area contributed by atoms with E-state index in [-0.39, 0.29) is 6.42 Å². The van der Waals surface area contributed by atoms with Crippen LogP contribution in [0.15, 0.2) is 24.5 Å². The standard InChI is InChI=1S/C21H33N3O5/c1-14(18(26)28-7)11-16(23-19(27)29-20(2,3)4)17(25)24-21(5,6)12-15-9-8-10-22-13-15/h8-10,13-14,16H,11-12H2,1-7H3,(H,23,27)(H,24,25). The fourth-order valence-electron chi connectivity index (χ4n) is 2.81. The molecule has 162 valence electrons. The second-order valence-corrected chi connectivity index (χ2v) is 8.77. The molecule has 2 atom stereocenters. The Morgan fingerprint density at radius 2 is 1.83 bits per heavy atom. The van der Waals surface area contributed by atoms with Crippen LogP contribution in [0.5, 0.6) is 0 Å². The van der Waals surface area contributed by atoms with Gasteiger partial charge < -0.3 is 20.1 Å². The Balaban J connectivity index is 2.89. The van der Waals surface area contributed by atoms with Gasteiger partial charge in [0.2, 0.25) is 5.91 Å². The summed E-state index contributed by atoms with van der Waals surface area (Å²) in [4.78, 5) is 41.1. The van der Waals surface area contributed by atoms with Crippen LogP contribution in [0.4, 0.5) is 4.79 Å². The molecular formula is C21H33N3O5. The molecule has 1 aromatic heterocycles. The number of methoxy groups -OCH3 is 1. The predicted molar refractivity (Wildman–Crippen MR) is 109 cm³/mol. The van der Waals surface area contributed by atoms with Gasteiger partial charge in [0.05, 0.1) is 13.0 Å². The van der Waals surface area contributed by atoms with Gasteiger partial charge in [-0.2, -0.15) is 0 Å². The largest absolute Gasteiger partial charge is 0.469 e. The topological polar surface area (TPSA) is 107 Å². The van der Waals surface area contributed by atoms with Crippen molar-refractivity contribution in [2.75, 3.05) is 7.11 Å². The van der Waals surface area contributed by atoms with Crippen molar-refractivity contribution in [2.45, 2.75) is 71.6 Å². The van der Waals surface area contributed by atoms with Gasteiger partial charge in [-0.05, 0) is 59.1 Å². The first-order valence-corrected chi connectivity index (χ1v) is 9.61. The Morgan fingerprint density at radius 1 is 1.17 bits per heavy atom. The average molecular weight is 408 g/mol. The van der Waals surface area contributed by atoms with E-state index in [0.29, 0.717) is 6.42 Å². The zero-order valence-electron chi connectivity index (χ0n) is 18.4. The van der Waals surface area contributed by atoms with Crippen LogP contribution in [-0.2, 0) is 25.5 Å². The second kappa shape index (κ2) is 10.2. The molecule has 8 nitrogen and oxygen atoms in total. The molecular weight excluding hydrogens is 374 g/mol. The highest BCUT2D eigenvalue weighted by molar-refractivity contribution is 5.87. The zero-order valence-corrected chi connectivity index (χ0v) is 18.4. The van der Waals surface area contributed by atoms with Crippen molar-refractivity contribution in [1.29, 1.82) is 0 Å². The molecule has 0 saturated heterocycles. The smallest absolute Gasteiger partial charge is 0.408 e. The summed E-state index contributed by atoms with van der Waals surface area (Å²) in [5.74, 6) is -1.43. The number of aromatic nitrogens is 1. The first-order chi connectivity index (χ1) is 13.3. The van der Waals surface area contributed by atoms with E-state index in [1.165, 1.54) is 7.11 Å². The summed E-state index contributed by atoms with van der Waals surface area (Å²) in [5, 5.41) is 5.52. The van der Waals surface area contributed by atoms with E-state index < -0.39 is 41.1 Å². The third kappa shape index (κ3) is 9.40. The number of nitrogens with zero attached hydrogens (tertiary/aromatic N) is 1. The van der Waals surface area contributed by atoms with Gasteiger partial charge in [0, 0.05) is 17.9 Å². The van der Waals surface area contributed by atoms with Gasteiger partial charge in [0.1, 0.15) is 11.6 Å². The lowest BCUT2D eigenvalue weighted by molar-refractivity contribution is -0.145. The molecule has 8 heteroatoms. The number of rotatable bonds is 8. The van der Waals surface area contributed by atoms with E-state index in [1.54, 1.807) is 40.1 Å². The highest BCUT2D eigenvalue weighted by atomic mass is 16.6. The van der Waals surface area contributed by atoms with Gasteiger partial charge in [0.15, 0.2) is 0 Å². The number of alkyl carbamates (subject to hydrolysis) is 1. The maximum atomic E-state index is 12.9. The number of hydrogen-bond acceptors (Lipinski definition) is 6. The van der Waals surface area contributed by atoms with Crippen LogP contribution >= 0.6 is 0 Å². The fraction of sp³-hybridized carbons (Fsp3) is 0.619. The molecule has 2 amide bonds. The van der Waals surface area contributed by atoms with E-state index in [9.17, 15) is 14.4 Å². The molecule has 0 bridgehead atoms. The van der Waals surface area contributed by atoms with Crippen molar-refractivity contribution >= 4 is 18.0 Å². The van der Waals surface area contributed by atoms with Crippen molar-refractivity contribution < 1.29 is 23.9 Å². The van der Waals surface area contributed by atoms with E-state index in [0.717, 1.165) is 5.56 Å². The molecule has 0 radical (unpaired) electrons. The number of pyridine rings is 1. The van der Waals surface area contributed by atoms with Gasteiger partial charge in [-0.15, -0.1) is 0 Å². The summed E-state index contributed by atoms with van der Waals surface area (Å²) in [6.07, 6.45) is 3.34. The van der Waals surface area contributed by atoms with E-state index in [2.05, 4.69) is 15.6 Å². The van der Waals surface area contributed by atoms with E-state index in [1.807, 2.05) is 26.0 Å². The van der Waals surface area contributed by atoms with Crippen LogP contribution in [0.2, 0.25) is 0 Å². The fourth-order valence-corrected chi connectivity index (χ4v) is 2.81. The minimum Gasteiger partial charge on any atom is -0.469 e. The molecule has 0 aliphatic carbocycles. The number of amides is 2. The van der Waals surface area contributed by atoms with Gasteiger partial charge in [0.25, 0.3) is 0 Å². The molecule has 1 heterocycles. The molecule has 0 aliphatic heterocycles. The van der Waals surface area contributed by atoms with Crippen LogP contribution in [-0.4, -0.2) is 47.2 Å². The number of carbonyl (C=O) groups excluding carboxylic acids is 3. The first-order valence-electron chi connectivity index (χ1n) is 9.61. The minimum atomic E-state index is -0.952. The lowest BCUT2D eigenvalue weighted by Gasteiger charge is -2.30. The van der Waals surface area contributed by atoms with Gasteiger partial charge in [-0.1, -0.05) is 13.0 Å². The number of ether oxygens (including phenoxy) is 2. The number of esters is 1. The van der Waals surface area contributed by atoms with Crippen LogP contribution in [0.25, 0.3) is 0 Å². The Kier molecular flexibility index (Phi) is 8.60. The highest BCUT2D eigenvalue weighted by Gasteiger charge is 2.31. The first kappa shape index (κ1) is 24.4. The van der Waals surface area contributed by atoms with Gasteiger partial charge in [-0.25, -0.2) is 4.79 Å². The number of carbonyl (C=O) groups is 3. The van der Waals surface area contributed by atoms with Crippen LogP contribution < -0.4 is 10.6 Å². The molecule has 2 unspecified atom stereocenters. The van der Waals surface area contributed by atoms with Gasteiger partial charge in [-0.3, -0.25) is 14.6 Å². The summed E-state index contributed by atoms with van der Waals surface area (Å²) in [6.45, 7) is 10.6.